The number of nitrogens with one attached hydrogen (secondary N) is 1. The molecule has 9 nitrogen and oxygen atoms in total. The topological polar surface area (TPSA) is 115 Å². The Morgan fingerprint density at radius 3 is 2.77 bits per heavy atom. The van der Waals surface area contributed by atoms with E-state index in [0.29, 0.717) is 31.0 Å². The number of aromatic nitrogens is 3. The van der Waals surface area contributed by atoms with Crippen molar-refractivity contribution in [3.63, 3.8) is 0 Å². The number of anilines is 1. The summed E-state index contributed by atoms with van der Waals surface area (Å²) in [4.78, 5) is 31.3. The molecule has 2 aromatic rings. The lowest BCUT2D eigenvalue weighted by atomic mass is 9.98. The SMILES string of the molecule is Cn1cc(-c2cnc(N)c(C(=O)N[C@@H]3CCN(C(=O)O[C@H]4C[C@H]5CC[C@@H]4C5)C3)c2)cn1. The third-order valence-corrected chi connectivity index (χ3v) is 6.91. The molecule has 5 rings (SSSR count). The van der Waals surface area contributed by atoms with E-state index in [2.05, 4.69) is 15.4 Å². The predicted octanol–water partition coefficient (Wildman–Crippen LogP) is 2.19. The molecule has 3 fully saturated rings. The predicted molar refractivity (Wildman–Crippen MR) is 114 cm³/mol. The van der Waals surface area contributed by atoms with Crippen LogP contribution in [-0.4, -0.2) is 56.9 Å². The van der Waals surface area contributed by atoms with Crippen molar-refractivity contribution in [3.8, 4) is 11.1 Å². The van der Waals surface area contributed by atoms with E-state index < -0.39 is 0 Å². The Bertz CT molecular complexity index is 1000. The van der Waals surface area contributed by atoms with Gasteiger partial charge in [-0.3, -0.25) is 9.48 Å². The highest BCUT2D eigenvalue weighted by Gasteiger charge is 2.42. The van der Waals surface area contributed by atoms with Crippen molar-refractivity contribution in [1.29, 1.82) is 0 Å². The quantitative estimate of drug-likeness (QED) is 0.777. The molecule has 9 heteroatoms. The summed E-state index contributed by atoms with van der Waals surface area (Å²) in [5.41, 5.74) is 7.92. The van der Waals surface area contributed by atoms with Gasteiger partial charge in [-0.1, -0.05) is 0 Å². The van der Waals surface area contributed by atoms with Crippen LogP contribution in [0.25, 0.3) is 11.1 Å². The molecule has 2 saturated carbocycles. The fourth-order valence-electron chi connectivity index (χ4n) is 5.23. The van der Waals surface area contributed by atoms with Gasteiger partial charge in [-0.15, -0.1) is 0 Å². The van der Waals surface area contributed by atoms with Crippen LogP contribution >= 0.6 is 0 Å². The fraction of sp³-hybridized carbons (Fsp3) is 0.545. The number of rotatable bonds is 4. The molecule has 1 saturated heterocycles. The van der Waals surface area contributed by atoms with Gasteiger partial charge in [-0.05, 0) is 50.0 Å². The minimum Gasteiger partial charge on any atom is -0.446 e. The van der Waals surface area contributed by atoms with Crippen molar-refractivity contribution >= 4 is 17.8 Å². The molecule has 3 N–H and O–H groups in total. The first kappa shape index (κ1) is 19.8. The van der Waals surface area contributed by atoms with Crippen LogP contribution in [0, 0.1) is 11.8 Å². The maximum absolute atomic E-state index is 12.9. The summed E-state index contributed by atoms with van der Waals surface area (Å²) in [6, 6.07) is 1.59. The van der Waals surface area contributed by atoms with Crippen molar-refractivity contribution in [2.24, 2.45) is 18.9 Å². The zero-order valence-corrected chi connectivity index (χ0v) is 17.7. The Kier molecular flexibility index (Phi) is 5.03. The highest BCUT2D eigenvalue weighted by molar-refractivity contribution is 5.99. The van der Waals surface area contributed by atoms with Crippen molar-refractivity contribution in [3.05, 3.63) is 30.2 Å². The van der Waals surface area contributed by atoms with Gasteiger partial charge in [0.25, 0.3) is 5.91 Å². The minimum atomic E-state index is -0.288. The van der Waals surface area contributed by atoms with E-state index in [9.17, 15) is 9.59 Å². The number of aryl methyl sites for hydroxylation is 1. The molecular weight excluding hydrogens is 396 g/mol. The Hall–Kier alpha value is -3.10. The summed E-state index contributed by atoms with van der Waals surface area (Å²) in [5.74, 6) is 1.16. The van der Waals surface area contributed by atoms with Gasteiger partial charge in [-0.25, -0.2) is 9.78 Å². The zero-order valence-electron chi connectivity index (χ0n) is 17.7. The number of hydrogen-bond donors (Lipinski definition) is 2. The van der Waals surface area contributed by atoms with E-state index in [1.165, 1.54) is 19.3 Å². The van der Waals surface area contributed by atoms with Gasteiger partial charge in [-0.2, -0.15) is 5.10 Å². The van der Waals surface area contributed by atoms with Crippen LogP contribution in [0.5, 0.6) is 0 Å². The molecular formula is C22H28N6O3. The maximum atomic E-state index is 12.9. The molecule has 1 aliphatic heterocycles. The summed E-state index contributed by atoms with van der Waals surface area (Å²) in [7, 11) is 1.83. The minimum absolute atomic E-state index is 0.0704. The second-order valence-corrected chi connectivity index (χ2v) is 9.06. The summed E-state index contributed by atoms with van der Waals surface area (Å²) < 4.78 is 7.48. The summed E-state index contributed by atoms with van der Waals surface area (Å²) in [5, 5.41) is 7.15. The average Bonchev–Trinajstić information content (AvgIpc) is 3.53. The van der Waals surface area contributed by atoms with Gasteiger partial charge in [0.1, 0.15) is 11.9 Å². The molecule has 2 aromatic heterocycles. The normalized spacial score (nSPS) is 26.9. The number of ether oxygens (including phenoxy) is 1. The van der Waals surface area contributed by atoms with E-state index >= 15 is 0 Å². The van der Waals surface area contributed by atoms with Crippen molar-refractivity contribution in [2.45, 2.75) is 44.2 Å². The number of nitrogen functional groups attached to an aromatic ring is 1. The van der Waals surface area contributed by atoms with E-state index in [1.807, 2.05) is 13.2 Å². The summed E-state index contributed by atoms with van der Waals surface area (Å²) >= 11 is 0. The van der Waals surface area contributed by atoms with Crippen LogP contribution in [0.2, 0.25) is 0 Å². The first-order chi connectivity index (χ1) is 15.0. The number of nitrogens with two attached hydrogens (primary N) is 1. The van der Waals surface area contributed by atoms with Crippen molar-refractivity contribution in [2.75, 3.05) is 18.8 Å². The highest BCUT2D eigenvalue weighted by atomic mass is 16.6. The molecule has 2 bridgehead atoms. The number of hydrogen-bond acceptors (Lipinski definition) is 6. The summed E-state index contributed by atoms with van der Waals surface area (Å²) in [6.07, 6.45) is 10.4. The maximum Gasteiger partial charge on any atom is 0.410 e. The molecule has 0 unspecified atom stereocenters. The molecule has 3 aliphatic rings. The first-order valence-corrected chi connectivity index (χ1v) is 11.0. The highest BCUT2D eigenvalue weighted by Crippen LogP contribution is 2.46. The third-order valence-electron chi connectivity index (χ3n) is 6.91. The second kappa shape index (κ2) is 7.86. The number of carbonyl (C=O) groups is 2. The van der Waals surface area contributed by atoms with Crippen molar-refractivity contribution in [1.82, 2.24) is 25.0 Å². The smallest absolute Gasteiger partial charge is 0.410 e. The number of nitrogens with zero attached hydrogens (tertiary/aromatic N) is 4. The largest absolute Gasteiger partial charge is 0.446 e. The van der Waals surface area contributed by atoms with E-state index in [1.54, 1.807) is 28.0 Å². The third kappa shape index (κ3) is 3.96. The number of pyridine rings is 1. The van der Waals surface area contributed by atoms with Gasteiger partial charge in [0.05, 0.1) is 11.8 Å². The number of fused-ring (bicyclic) bond motifs is 2. The number of carbonyl (C=O) groups excluding carboxylic acids is 2. The van der Waals surface area contributed by atoms with Gasteiger partial charge in [0.2, 0.25) is 0 Å². The van der Waals surface area contributed by atoms with E-state index in [0.717, 1.165) is 23.5 Å². The molecule has 3 heterocycles. The fourth-order valence-corrected chi connectivity index (χ4v) is 5.23. The van der Waals surface area contributed by atoms with Crippen LogP contribution in [0.15, 0.2) is 24.7 Å². The zero-order chi connectivity index (χ0) is 21.5. The van der Waals surface area contributed by atoms with Gasteiger partial charge in [0, 0.05) is 49.7 Å². The lowest BCUT2D eigenvalue weighted by molar-refractivity contribution is 0.0414. The number of amides is 2. The van der Waals surface area contributed by atoms with Crippen molar-refractivity contribution < 1.29 is 14.3 Å². The standard InChI is InChI=1S/C22H28N6O3/c1-27-11-16(10-25-27)15-8-18(20(23)24-9-15)21(29)26-17-4-5-28(12-17)22(30)31-19-7-13-2-3-14(19)6-13/h8-11,13-14,17,19H,2-7,12H2,1H3,(H2,23,24)(H,26,29)/t13-,14+,17+,19-/m0/s1. The van der Waals surface area contributed by atoms with Crippen LogP contribution in [-0.2, 0) is 11.8 Å². The monoisotopic (exact) mass is 424 g/mol. The lowest BCUT2D eigenvalue weighted by Crippen LogP contribution is -2.40. The molecule has 0 spiro atoms. The summed E-state index contributed by atoms with van der Waals surface area (Å²) in [6.45, 7) is 1.02. The Morgan fingerprint density at radius 2 is 2.06 bits per heavy atom. The van der Waals surface area contributed by atoms with Crippen LogP contribution < -0.4 is 11.1 Å². The molecule has 4 atom stereocenters. The average molecular weight is 425 g/mol. The van der Waals surface area contributed by atoms with Crippen LogP contribution in [0.3, 0.4) is 0 Å². The van der Waals surface area contributed by atoms with Gasteiger partial charge < -0.3 is 20.7 Å². The number of likely N-dealkylation sites (tertiary alicyclic amines) is 1. The van der Waals surface area contributed by atoms with Gasteiger partial charge in [0.15, 0.2) is 0 Å². The van der Waals surface area contributed by atoms with Crippen LogP contribution in [0.1, 0.15) is 42.5 Å². The lowest BCUT2D eigenvalue weighted by Gasteiger charge is -2.25. The Labute approximate surface area is 180 Å². The van der Waals surface area contributed by atoms with Crippen LogP contribution in [0.4, 0.5) is 10.6 Å². The Morgan fingerprint density at radius 1 is 1.19 bits per heavy atom. The molecule has 0 radical (unpaired) electrons. The van der Waals surface area contributed by atoms with E-state index in [-0.39, 0.29) is 30.0 Å². The molecule has 2 amide bonds. The molecule has 2 aliphatic carbocycles. The van der Waals surface area contributed by atoms with E-state index in [4.69, 9.17) is 10.5 Å². The second-order valence-electron chi connectivity index (χ2n) is 9.06. The Balaban J connectivity index is 1.19. The molecule has 31 heavy (non-hydrogen) atoms. The van der Waals surface area contributed by atoms with Gasteiger partial charge >= 0.3 is 6.09 Å². The molecule has 0 aromatic carbocycles. The first-order valence-electron chi connectivity index (χ1n) is 11.0. The molecule has 164 valence electrons.